The third kappa shape index (κ3) is 3.89. The van der Waals surface area contributed by atoms with E-state index < -0.39 is 0 Å². The fourth-order valence-electron chi connectivity index (χ4n) is 6.31. The molecule has 0 fully saturated rings. The number of hydrogen-bond acceptors (Lipinski definition) is 6. The van der Waals surface area contributed by atoms with Gasteiger partial charge in [-0.15, -0.1) is 0 Å². The summed E-state index contributed by atoms with van der Waals surface area (Å²) < 4.78 is 14.7. The Bertz CT molecular complexity index is 2350. The number of nitrogens with zero attached hydrogens (tertiary/aromatic N) is 5. The first-order valence-corrected chi connectivity index (χ1v) is 14.9. The molecule has 2 aliphatic heterocycles. The molecule has 46 heavy (non-hydrogen) atoms. The number of para-hydroxylation sites is 3. The average Bonchev–Trinajstić information content (AvgIpc) is 3.44. The van der Waals surface area contributed by atoms with Crippen molar-refractivity contribution in [2.75, 3.05) is 4.90 Å². The number of allylic oxidation sites excluding steroid dienone is 1. The van der Waals surface area contributed by atoms with Crippen LogP contribution in [0.1, 0.15) is 0 Å². The Morgan fingerprint density at radius 3 is 1.96 bits per heavy atom. The van der Waals surface area contributed by atoms with Crippen LogP contribution in [-0.2, 0) is 0 Å². The van der Waals surface area contributed by atoms with E-state index in [2.05, 4.69) is 46.9 Å². The van der Waals surface area contributed by atoms with Crippen molar-refractivity contribution < 1.29 is 9.47 Å². The van der Waals surface area contributed by atoms with Crippen molar-refractivity contribution in [3.63, 3.8) is 0 Å². The Morgan fingerprint density at radius 2 is 1.24 bits per heavy atom. The van der Waals surface area contributed by atoms with E-state index in [-0.39, 0.29) is 0 Å². The van der Waals surface area contributed by atoms with E-state index in [0.29, 0.717) is 34.9 Å². The lowest BCUT2D eigenvalue weighted by Gasteiger charge is -2.38. The van der Waals surface area contributed by atoms with Crippen LogP contribution in [0, 0.1) is 0 Å². The highest BCUT2D eigenvalue weighted by Gasteiger charge is 2.36. The Kier molecular flexibility index (Phi) is 5.67. The van der Waals surface area contributed by atoms with E-state index in [4.69, 9.17) is 24.4 Å². The van der Waals surface area contributed by atoms with Crippen LogP contribution >= 0.6 is 0 Å². The summed E-state index contributed by atoms with van der Waals surface area (Å²) in [6.07, 6.45) is 1.69. The third-order valence-electron chi connectivity index (χ3n) is 8.35. The van der Waals surface area contributed by atoms with E-state index >= 15 is 0 Å². The molecule has 4 heterocycles. The van der Waals surface area contributed by atoms with Gasteiger partial charge in [0.15, 0.2) is 28.9 Å². The first kappa shape index (κ1) is 26.0. The second kappa shape index (κ2) is 10.0. The second-order valence-corrected chi connectivity index (χ2v) is 11.1. The minimum Gasteiger partial charge on any atom is -0.453 e. The van der Waals surface area contributed by atoms with Gasteiger partial charge in [-0.1, -0.05) is 104 Å². The van der Waals surface area contributed by atoms with Gasteiger partial charge in [0.05, 0.1) is 22.4 Å². The van der Waals surface area contributed by atoms with Crippen LogP contribution < -0.4 is 14.4 Å². The molecule has 0 unspecified atom stereocenters. The van der Waals surface area contributed by atoms with Crippen LogP contribution in [0.3, 0.4) is 0 Å². The summed E-state index contributed by atoms with van der Waals surface area (Å²) in [5.41, 5.74) is 6.17. The van der Waals surface area contributed by atoms with E-state index in [9.17, 15) is 0 Å². The van der Waals surface area contributed by atoms with Gasteiger partial charge in [-0.3, -0.25) is 9.47 Å². The molecule has 7 heteroatoms. The molecule has 0 atom stereocenters. The highest BCUT2D eigenvalue weighted by Crippen LogP contribution is 2.52. The molecule has 0 N–H and O–H groups in total. The van der Waals surface area contributed by atoms with Crippen molar-refractivity contribution in [2.45, 2.75) is 0 Å². The lowest BCUT2D eigenvalue weighted by Crippen LogP contribution is -2.30. The lowest BCUT2D eigenvalue weighted by atomic mass is 10.1. The fourth-order valence-corrected chi connectivity index (χ4v) is 6.31. The Balaban J connectivity index is 1.34. The zero-order chi connectivity index (χ0) is 30.8. The molecule has 2 aliphatic rings. The predicted molar refractivity (Wildman–Crippen MR) is 181 cm³/mol. The van der Waals surface area contributed by atoms with Gasteiger partial charge in [0.1, 0.15) is 11.5 Å². The van der Waals surface area contributed by atoms with E-state index in [1.54, 1.807) is 6.08 Å². The molecule has 0 bridgehead atoms. The number of fused-ring (bicyclic) bond motifs is 8. The zero-order valence-corrected chi connectivity index (χ0v) is 24.6. The molecule has 218 valence electrons. The summed E-state index contributed by atoms with van der Waals surface area (Å²) in [5, 5.41) is 2.08. The highest BCUT2D eigenvalue weighted by atomic mass is 16.5. The number of ether oxygens (including phenoxy) is 2. The number of anilines is 2. The summed E-state index contributed by atoms with van der Waals surface area (Å²) in [6, 6.07) is 40.4. The lowest BCUT2D eigenvalue weighted by molar-refractivity contribution is 0.387. The summed E-state index contributed by atoms with van der Waals surface area (Å²) in [7, 11) is 0. The van der Waals surface area contributed by atoms with Crippen LogP contribution in [0.4, 0.5) is 11.4 Å². The van der Waals surface area contributed by atoms with E-state index in [1.807, 2.05) is 97.1 Å². The van der Waals surface area contributed by atoms with Gasteiger partial charge in [-0.25, -0.2) is 4.98 Å². The number of rotatable bonds is 4. The summed E-state index contributed by atoms with van der Waals surface area (Å²) >= 11 is 0. The van der Waals surface area contributed by atoms with Crippen molar-refractivity contribution in [1.29, 1.82) is 0 Å². The topological polar surface area (TPSA) is 65.3 Å². The zero-order valence-electron chi connectivity index (χ0n) is 24.6. The summed E-state index contributed by atoms with van der Waals surface area (Å²) in [5.74, 6) is 4.15. The van der Waals surface area contributed by atoms with Crippen LogP contribution in [-0.4, -0.2) is 19.5 Å². The monoisotopic (exact) mass is 595 g/mol. The molecule has 0 aliphatic carbocycles. The Labute approximate surface area is 264 Å². The maximum absolute atomic E-state index is 6.53. The van der Waals surface area contributed by atoms with Crippen molar-refractivity contribution in [2.24, 2.45) is 0 Å². The molecule has 9 rings (SSSR count). The predicted octanol–water partition coefficient (Wildman–Crippen LogP) is 9.14. The first-order chi connectivity index (χ1) is 22.7. The maximum atomic E-state index is 6.53. The molecule has 0 spiro atoms. The standard InChI is InChI=1S/C39H25N5O2/c1-3-33-36-24(2)45-34-21-13-12-20-30(34)43(36)32-22-28-27-18-10-11-19-29(27)44(31(28)23-35(32)46-33)39-41-37(25-14-6-4-7-15-25)40-38(42-39)26-16-8-5-9-17-26/h3-23H,1-2H2. The van der Waals surface area contributed by atoms with Crippen molar-refractivity contribution in [3.05, 3.63) is 158 Å². The van der Waals surface area contributed by atoms with Crippen LogP contribution in [0.5, 0.6) is 11.5 Å². The van der Waals surface area contributed by atoms with Gasteiger partial charge in [0.2, 0.25) is 5.95 Å². The smallest absolute Gasteiger partial charge is 0.238 e. The first-order valence-electron chi connectivity index (χ1n) is 14.9. The van der Waals surface area contributed by atoms with Gasteiger partial charge < -0.3 is 9.47 Å². The molecule has 7 nitrogen and oxygen atoms in total. The van der Waals surface area contributed by atoms with Gasteiger partial charge in [-0.2, -0.15) is 9.97 Å². The molecule has 0 radical (unpaired) electrons. The van der Waals surface area contributed by atoms with Crippen molar-refractivity contribution >= 4 is 33.2 Å². The minimum absolute atomic E-state index is 0.494. The molecular weight excluding hydrogens is 570 g/mol. The van der Waals surface area contributed by atoms with Crippen molar-refractivity contribution in [1.82, 2.24) is 19.5 Å². The normalized spacial score (nSPS) is 13.6. The molecular formula is C39H25N5O2. The van der Waals surface area contributed by atoms with Gasteiger partial charge in [0.25, 0.3) is 0 Å². The van der Waals surface area contributed by atoms with Crippen LogP contribution in [0.15, 0.2) is 158 Å². The molecule has 2 aromatic heterocycles. The number of aromatic nitrogens is 4. The quantitative estimate of drug-likeness (QED) is 0.202. The highest BCUT2D eigenvalue weighted by molar-refractivity contribution is 6.11. The van der Waals surface area contributed by atoms with Gasteiger partial charge >= 0.3 is 0 Å². The molecule has 0 amide bonds. The third-order valence-corrected chi connectivity index (χ3v) is 8.35. The Morgan fingerprint density at radius 1 is 0.587 bits per heavy atom. The minimum atomic E-state index is 0.494. The summed E-state index contributed by atoms with van der Waals surface area (Å²) in [4.78, 5) is 17.2. The Hall–Kier alpha value is -6.47. The largest absolute Gasteiger partial charge is 0.453 e. The van der Waals surface area contributed by atoms with Crippen LogP contribution in [0.25, 0.3) is 50.5 Å². The SMILES string of the molecule is C=CC1=C2C(=C)Oc3ccccc3N2c2cc3c4ccccc4n(-c4nc(-c5ccccc5)nc(-c5ccccc5)n4)c3cc2O1. The molecule has 0 saturated heterocycles. The van der Waals surface area contributed by atoms with E-state index in [0.717, 1.165) is 55.8 Å². The maximum Gasteiger partial charge on any atom is 0.238 e. The second-order valence-electron chi connectivity index (χ2n) is 11.1. The number of hydrogen-bond donors (Lipinski definition) is 0. The molecule has 0 saturated carbocycles. The van der Waals surface area contributed by atoms with Gasteiger partial charge in [0, 0.05) is 28.0 Å². The molecule has 5 aromatic carbocycles. The van der Waals surface area contributed by atoms with Crippen LogP contribution in [0.2, 0.25) is 0 Å². The molecule has 7 aromatic rings. The average molecular weight is 596 g/mol. The fraction of sp³-hybridized carbons (Fsp3) is 0. The number of benzene rings is 5. The van der Waals surface area contributed by atoms with Crippen molar-refractivity contribution in [3.8, 4) is 40.2 Å². The summed E-state index contributed by atoms with van der Waals surface area (Å²) in [6.45, 7) is 8.25. The van der Waals surface area contributed by atoms with Gasteiger partial charge in [-0.05, 0) is 30.3 Å². The van der Waals surface area contributed by atoms with E-state index in [1.165, 1.54) is 0 Å².